The van der Waals surface area contributed by atoms with Crippen LogP contribution < -0.4 is 0 Å². The lowest BCUT2D eigenvalue weighted by Crippen LogP contribution is -2.54. The van der Waals surface area contributed by atoms with Crippen molar-refractivity contribution in [2.24, 2.45) is 11.8 Å². The third-order valence-electron chi connectivity index (χ3n) is 7.01. The van der Waals surface area contributed by atoms with Gasteiger partial charge in [0.1, 0.15) is 11.6 Å². The predicted molar refractivity (Wildman–Crippen MR) is 129 cm³/mol. The number of esters is 1. The van der Waals surface area contributed by atoms with Gasteiger partial charge in [-0.25, -0.2) is 0 Å². The first-order valence-electron chi connectivity index (χ1n) is 12.9. The Bertz CT molecular complexity index is 503. The van der Waals surface area contributed by atoms with Crippen LogP contribution in [0, 0.1) is 11.8 Å². The highest BCUT2D eigenvalue weighted by molar-refractivity contribution is 5.74. The van der Waals surface area contributed by atoms with Gasteiger partial charge in [-0.3, -0.25) is 9.28 Å². The van der Waals surface area contributed by atoms with Crippen LogP contribution in [0.3, 0.4) is 0 Å². The number of carbonyl (C=O) groups excluding carboxylic acids is 1. The van der Waals surface area contributed by atoms with Crippen molar-refractivity contribution in [1.82, 2.24) is 0 Å². The van der Waals surface area contributed by atoms with Crippen LogP contribution in [-0.2, 0) is 9.53 Å². The molecule has 30 heavy (non-hydrogen) atoms. The topological polar surface area (TPSA) is 26.3 Å². The highest BCUT2D eigenvalue weighted by Crippen LogP contribution is 2.34. The van der Waals surface area contributed by atoms with Crippen molar-refractivity contribution < 1.29 is 14.0 Å². The number of rotatable bonds is 16. The number of ether oxygens (including phenoxy) is 1. The smallest absolute Gasteiger partial charge is 0.318 e. The molecule has 1 aliphatic heterocycles. The zero-order valence-electron chi connectivity index (χ0n) is 20.6. The van der Waals surface area contributed by atoms with Gasteiger partial charge in [0.2, 0.25) is 0 Å². The molecule has 0 aromatic rings. The van der Waals surface area contributed by atoms with Crippen molar-refractivity contribution in [3.63, 3.8) is 0 Å². The molecule has 1 unspecified atom stereocenters. The number of hydrogen-bond acceptors (Lipinski definition) is 2. The van der Waals surface area contributed by atoms with Crippen LogP contribution in [0.2, 0.25) is 0 Å². The number of allylic oxidation sites excluding steroid dienone is 2. The van der Waals surface area contributed by atoms with Crippen LogP contribution in [0.4, 0.5) is 0 Å². The lowest BCUT2D eigenvalue weighted by Gasteiger charge is -2.45. The summed E-state index contributed by atoms with van der Waals surface area (Å²) in [5, 5.41) is 0. The maximum absolute atomic E-state index is 12.8. The fraction of sp³-hybridized carbons (Fsp3) is 0.815. The molecule has 174 valence electrons. The first kappa shape index (κ1) is 26.9. The zero-order valence-corrected chi connectivity index (χ0v) is 20.6. The summed E-state index contributed by atoms with van der Waals surface area (Å²) in [5.74, 6) is 0.437. The molecule has 0 aliphatic carbocycles. The van der Waals surface area contributed by atoms with Gasteiger partial charge in [-0.2, -0.15) is 0 Å². The molecule has 1 heterocycles. The molecule has 1 atom stereocenters. The van der Waals surface area contributed by atoms with Gasteiger partial charge < -0.3 is 4.74 Å². The molecule has 1 rings (SSSR count). The predicted octanol–water partition coefficient (Wildman–Crippen LogP) is 7.42. The Morgan fingerprint density at radius 3 is 2.13 bits per heavy atom. The molecule has 0 aromatic heterocycles. The summed E-state index contributed by atoms with van der Waals surface area (Å²) in [5.41, 5.74) is 1.28. The van der Waals surface area contributed by atoms with Crippen molar-refractivity contribution >= 4 is 5.97 Å². The number of quaternary nitrogens is 1. The highest BCUT2D eigenvalue weighted by atomic mass is 16.5. The lowest BCUT2D eigenvalue weighted by molar-refractivity contribution is -0.900. The van der Waals surface area contributed by atoms with Crippen molar-refractivity contribution in [1.29, 1.82) is 0 Å². The fourth-order valence-electron chi connectivity index (χ4n) is 5.01. The summed E-state index contributed by atoms with van der Waals surface area (Å²) in [6, 6.07) is 0. The van der Waals surface area contributed by atoms with Crippen molar-refractivity contribution in [2.45, 2.75) is 105 Å². The quantitative estimate of drug-likeness (QED) is 0.112. The standard InChI is InChI=1S/C27H50NO2/c1-6-10-12-14-15-16-20-28(21-18-25(8-3)19-22-28)26(9-4)24(5)27(29)30-23-17-13-11-7-2/h8-9,24-25H,3,6-7,10-23H2,1-2,4-5H3/q+1. The molecule has 0 aromatic carbocycles. The SMILES string of the molecule is C=CC1CC[N+](CCCCCCCC)(C(=CC)C(C)C(=O)OCCCCCC)CC1. The molecule has 0 radical (unpaired) electrons. The van der Waals surface area contributed by atoms with E-state index in [1.165, 1.54) is 69.9 Å². The van der Waals surface area contributed by atoms with Crippen molar-refractivity contribution in [3.05, 3.63) is 24.4 Å². The lowest BCUT2D eigenvalue weighted by atomic mass is 9.91. The second-order valence-corrected chi connectivity index (χ2v) is 9.32. The summed E-state index contributed by atoms with van der Waals surface area (Å²) < 4.78 is 6.66. The Labute approximate surface area is 187 Å². The molecule has 1 fully saturated rings. The Kier molecular flexibility index (Phi) is 14.1. The van der Waals surface area contributed by atoms with Gasteiger partial charge in [0.25, 0.3) is 0 Å². The molecule has 3 nitrogen and oxygen atoms in total. The van der Waals surface area contributed by atoms with Gasteiger partial charge in [0.15, 0.2) is 0 Å². The number of unbranched alkanes of at least 4 members (excludes halogenated alkanes) is 8. The summed E-state index contributed by atoms with van der Waals surface area (Å²) in [6.45, 7) is 16.6. The Balaban J connectivity index is 2.73. The van der Waals surface area contributed by atoms with Gasteiger partial charge in [0, 0.05) is 12.8 Å². The van der Waals surface area contributed by atoms with E-state index >= 15 is 0 Å². The normalized spacial score (nSPS) is 23.2. The third-order valence-corrected chi connectivity index (χ3v) is 7.01. The number of carbonyl (C=O) groups is 1. The van der Waals surface area contributed by atoms with E-state index in [0.29, 0.717) is 12.5 Å². The number of piperidine rings is 1. The van der Waals surface area contributed by atoms with Crippen LogP contribution in [0.1, 0.15) is 105 Å². The average molecular weight is 421 g/mol. The molecule has 3 heteroatoms. The van der Waals surface area contributed by atoms with Gasteiger partial charge in [0.05, 0.1) is 26.2 Å². The maximum atomic E-state index is 12.8. The zero-order chi connectivity index (χ0) is 22.2. The van der Waals surface area contributed by atoms with E-state index < -0.39 is 0 Å². The summed E-state index contributed by atoms with van der Waals surface area (Å²) in [4.78, 5) is 12.8. The second kappa shape index (κ2) is 15.7. The van der Waals surface area contributed by atoms with E-state index in [9.17, 15) is 4.79 Å². The average Bonchev–Trinajstić information content (AvgIpc) is 2.76. The fourth-order valence-corrected chi connectivity index (χ4v) is 5.01. The highest BCUT2D eigenvalue weighted by Gasteiger charge is 2.40. The maximum Gasteiger partial charge on any atom is 0.318 e. The second-order valence-electron chi connectivity index (χ2n) is 9.32. The van der Waals surface area contributed by atoms with E-state index in [0.717, 1.165) is 37.0 Å². The Morgan fingerprint density at radius 2 is 1.57 bits per heavy atom. The van der Waals surface area contributed by atoms with Gasteiger partial charge in [-0.05, 0) is 45.1 Å². The van der Waals surface area contributed by atoms with Crippen LogP contribution >= 0.6 is 0 Å². The number of nitrogens with zero attached hydrogens (tertiary/aromatic N) is 1. The van der Waals surface area contributed by atoms with Crippen molar-refractivity contribution in [2.75, 3.05) is 26.2 Å². The summed E-state index contributed by atoms with van der Waals surface area (Å²) in [7, 11) is 0. The Hall–Kier alpha value is -1.09. The van der Waals surface area contributed by atoms with E-state index in [-0.39, 0.29) is 11.9 Å². The number of likely N-dealkylation sites (tertiary alicyclic amines) is 1. The van der Waals surface area contributed by atoms with E-state index in [1.807, 2.05) is 0 Å². The minimum Gasteiger partial charge on any atom is -0.465 e. The Morgan fingerprint density at radius 1 is 1.00 bits per heavy atom. The molecular formula is C27H50NO2+. The van der Waals surface area contributed by atoms with Gasteiger partial charge >= 0.3 is 5.97 Å². The van der Waals surface area contributed by atoms with E-state index in [2.05, 4.69) is 46.4 Å². The van der Waals surface area contributed by atoms with E-state index in [4.69, 9.17) is 4.74 Å². The first-order valence-corrected chi connectivity index (χ1v) is 12.9. The van der Waals surface area contributed by atoms with Crippen LogP contribution in [0.15, 0.2) is 24.4 Å². The van der Waals surface area contributed by atoms with Gasteiger partial charge in [-0.15, -0.1) is 6.58 Å². The molecule has 1 saturated heterocycles. The molecular weight excluding hydrogens is 370 g/mol. The molecule has 0 spiro atoms. The minimum atomic E-state index is -0.151. The third kappa shape index (κ3) is 8.96. The van der Waals surface area contributed by atoms with Crippen molar-refractivity contribution in [3.8, 4) is 0 Å². The van der Waals surface area contributed by atoms with Crippen LogP contribution in [-0.4, -0.2) is 36.7 Å². The summed E-state index contributed by atoms with van der Waals surface area (Å²) in [6.07, 6.45) is 19.1. The molecule has 0 N–H and O–H groups in total. The molecule has 0 saturated carbocycles. The monoisotopic (exact) mass is 420 g/mol. The van der Waals surface area contributed by atoms with Crippen LogP contribution in [0.5, 0.6) is 0 Å². The van der Waals surface area contributed by atoms with E-state index in [1.54, 1.807) is 0 Å². The first-order chi connectivity index (χ1) is 14.5. The van der Waals surface area contributed by atoms with Crippen LogP contribution in [0.25, 0.3) is 0 Å². The molecule has 1 aliphatic rings. The minimum absolute atomic E-state index is 0.0362. The molecule has 0 bridgehead atoms. The number of hydrogen-bond donors (Lipinski definition) is 0. The summed E-state index contributed by atoms with van der Waals surface area (Å²) >= 11 is 0. The largest absolute Gasteiger partial charge is 0.465 e. The van der Waals surface area contributed by atoms with Gasteiger partial charge in [-0.1, -0.05) is 64.9 Å². The molecule has 0 amide bonds.